The van der Waals surface area contributed by atoms with Gasteiger partial charge in [-0.25, -0.2) is 4.79 Å². The Balaban J connectivity index is 1.38. The maximum Gasteiger partial charge on any atom is 0.417 e. The number of thioether (sulfide) groups is 1. The fraction of sp³-hybridized carbons (Fsp3) is 0.217. The van der Waals surface area contributed by atoms with E-state index in [-0.39, 0.29) is 28.7 Å². The first-order valence-corrected chi connectivity index (χ1v) is 11.9. The van der Waals surface area contributed by atoms with Gasteiger partial charge in [0.2, 0.25) is 0 Å². The second-order valence-electron chi connectivity index (χ2n) is 7.36. The molecular weight excluding hydrogens is 510 g/mol. The second kappa shape index (κ2) is 10.3. The summed E-state index contributed by atoms with van der Waals surface area (Å²) in [6.07, 6.45) is -3.78. The Labute approximate surface area is 208 Å². The maximum atomic E-state index is 12.8. The smallest absolute Gasteiger partial charge is 0.417 e. The molecule has 2 heterocycles. The van der Waals surface area contributed by atoms with E-state index in [2.05, 4.69) is 10.3 Å². The number of hydrogen-bond acceptors (Lipinski definition) is 4. The number of carbonyl (C=O) groups excluding carboxylic acids is 1. The molecule has 1 atom stereocenters. The first kappa shape index (κ1) is 24.5. The Kier molecular flexibility index (Phi) is 7.45. The Bertz CT molecular complexity index is 1160. The van der Waals surface area contributed by atoms with Crippen molar-refractivity contribution in [2.45, 2.75) is 18.2 Å². The van der Waals surface area contributed by atoms with Crippen LogP contribution in [0.2, 0.25) is 10.0 Å². The molecule has 0 aliphatic carbocycles. The number of alkyl halides is 3. The normalized spacial score (nSPS) is 15.9. The van der Waals surface area contributed by atoms with E-state index in [0.717, 1.165) is 23.6 Å². The molecule has 0 spiro atoms. The fourth-order valence-electron chi connectivity index (χ4n) is 3.29. The van der Waals surface area contributed by atoms with Gasteiger partial charge in [-0.1, -0.05) is 35.3 Å². The topological polar surface area (TPSA) is 54.5 Å². The van der Waals surface area contributed by atoms with E-state index in [0.29, 0.717) is 23.0 Å². The van der Waals surface area contributed by atoms with E-state index in [1.807, 2.05) is 12.1 Å². The van der Waals surface area contributed by atoms with Crippen molar-refractivity contribution < 1.29 is 22.7 Å². The summed E-state index contributed by atoms with van der Waals surface area (Å²) < 4.78 is 43.9. The lowest BCUT2D eigenvalue weighted by atomic mass is 10.2. The van der Waals surface area contributed by atoms with Crippen LogP contribution < -0.4 is 10.1 Å². The van der Waals surface area contributed by atoms with Crippen molar-refractivity contribution in [1.82, 2.24) is 9.88 Å². The Morgan fingerprint density at radius 1 is 1.15 bits per heavy atom. The van der Waals surface area contributed by atoms with Crippen molar-refractivity contribution in [3.63, 3.8) is 0 Å². The average molecular weight is 528 g/mol. The Hall–Kier alpha value is -2.62. The van der Waals surface area contributed by atoms with E-state index >= 15 is 0 Å². The van der Waals surface area contributed by atoms with E-state index in [9.17, 15) is 18.0 Å². The van der Waals surface area contributed by atoms with Crippen LogP contribution in [0.15, 0.2) is 60.8 Å². The molecule has 3 aromatic rings. The molecule has 0 unspecified atom stereocenters. The number of hydrogen-bond donors (Lipinski definition) is 1. The third-order valence-corrected chi connectivity index (χ3v) is 6.87. The summed E-state index contributed by atoms with van der Waals surface area (Å²) in [5.41, 5.74) is 0.871. The van der Waals surface area contributed by atoms with Crippen LogP contribution in [0.3, 0.4) is 0 Å². The summed E-state index contributed by atoms with van der Waals surface area (Å²) in [5, 5.41) is 3.19. The van der Waals surface area contributed by atoms with Gasteiger partial charge in [-0.3, -0.25) is 4.98 Å². The fourth-order valence-corrected chi connectivity index (χ4v) is 4.89. The highest BCUT2D eigenvalue weighted by molar-refractivity contribution is 7.99. The lowest BCUT2D eigenvalue weighted by molar-refractivity contribution is -0.137. The number of rotatable bonds is 5. The van der Waals surface area contributed by atoms with Gasteiger partial charge in [0.1, 0.15) is 17.7 Å². The number of amides is 2. The number of halogens is 5. The molecule has 1 aliphatic rings. The molecule has 2 aromatic carbocycles. The summed E-state index contributed by atoms with van der Waals surface area (Å²) in [6.45, 7) is 0.523. The van der Waals surface area contributed by atoms with E-state index in [1.54, 1.807) is 53.1 Å². The Morgan fingerprint density at radius 2 is 1.85 bits per heavy atom. The largest absolute Gasteiger partial charge is 0.487 e. The predicted molar refractivity (Wildman–Crippen MR) is 127 cm³/mol. The summed E-state index contributed by atoms with van der Waals surface area (Å²) in [6, 6.07) is 14.7. The molecule has 1 aromatic heterocycles. The van der Waals surface area contributed by atoms with Crippen molar-refractivity contribution in [1.29, 1.82) is 0 Å². The van der Waals surface area contributed by atoms with Crippen molar-refractivity contribution in [3.8, 4) is 5.75 Å². The van der Waals surface area contributed by atoms with Crippen molar-refractivity contribution >= 4 is 46.7 Å². The van der Waals surface area contributed by atoms with Gasteiger partial charge in [-0.2, -0.15) is 13.2 Å². The average Bonchev–Trinajstić information content (AvgIpc) is 3.30. The minimum absolute atomic E-state index is 0.0792. The number of urea groups is 1. The van der Waals surface area contributed by atoms with Gasteiger partial charge in [-0.05, 0) is 48.0 Å². The number of anilines is 1. The molecular formula is C23H18Cl2F3N3O2S. The molecule has 0 bridgehead atoms. The molecule has 5 nitrogen and oxygen atoms in total. The zero-order chi connectivity index (χ0) is 24.3. The number of ether oxygens (including phenoxy) is 1. The molecule has 178 valence electrons. The van der Waals surface area contributed by atoms with Gasteiger partial charge >= 0.3 is 12.2 Å². The lowest BCUT2D eigenvalue weighted by Gasteiger charge is -2.24. The molecule has 2 amide bonds. The minimum atomic E-state index is -4.51. The SMILES string of the molecule is O=C(Nc1ccc(Cl)cc1)N1CCS[C@@H]1c1ccc(OCc2ncc(C(F)(F)F)cc2Cl)cc1. The van der Waals surface area contributed by atoms with Crippen LogP contribution in [-0.2, 0) is 12.8 Å². The minimum Gasteiger partial charge on any atom is -0.487 e. The summed E-state index contributed by atoms with van der Waals surface area (Å²) >= 11 is 13.5. The predicted octanol–water partition coefficient (Wildman–Crippen LogP) is 7.27. The number of pyridine rings is 1. The van der Waals surface area contributed by atoms with Crippen LogP contribution in [-0.4, -0.2) is 28.2 Å². The molecule has 0 saturated carbocycles. The zero-order valence-corrected chi connectivity index (χ0v) is 19.8. The van der Waals surface area contributed by atoms with Crippen LogP contribution in [0.1, 0.15) is 22.2 Å². The van der Waals surface area contributed by atoms with Crippen LogP contribution in [0.5, 0.6) is 5.75 Å². The number of nitrogens with one attached hydrogen (secondary N) is 1. The lowest BCUT2D eigenvalue weighted by Crippen LogP contribution is -2.34. The first-order chi connectivity index (χ1) is 16.2. The number of carbonyl (C=O) groups is 1. The van der Waals surface area contributed by atoms with Crippen molar-refractivity contribution in [3.05, 3.63) is 87.7 Å². The standard InChI is InChI=1S/C23H18Cl2F3N3O2S/c24-16-3-5-17(6-4-16)30-22(32)31-9-10-34-21(31)14-1-7-18(8-2-14)33-13-20-19(25)11-15(12-29-20)23(26,27)28/h1-8,11-12,21H,9-10,13H2,(H,30,32)/t21-/m1/s1. The van der Waals surface area contributed by atoms with Gasteiger partial charge in [-0.15, -0.1) is 11.8 Å². The second-order valence-corrected chi connectivity index (χ2v) is 9.39. The summed E-state index contributed by atoms with van der Waals surface area (Å²) in [5.74, 6) is 1.30. The monoisotopic (exact) mass is 527 g/mol. The van der Waals surface area contributed by atoms with Gasteiger partial charge < -0.3 is 15.0 Å². The van der Waals surface area contributed by atoms with Crippen molar-refractivity contribution in [2.24, 2.45) is 0 Å². The van der Waals surface area contributed by atoms with Crippen LogP contribution in [0.4, 0.5) is 23.7 Å². The van der Waals surface area contributed by atoms with Gasteiger partial charge in [0.05, 0.1) is 16.3 Å². The molecule has 1 saturated heterocycles. The quantitative estimate of drug-likeness (QED) is 0.379. The number of benzene rings is 2. The highest BCUT2D eigenvalue weighted by atomic mass is 35.5. The van der Waals surface area contributed by atoms with Gasteiger partial charge in [0.15, 0.2) is 0 Å². The third kappa shape index (κ3) is 5.89. The zero-order valence-electron chi connectivity index (χ0n) is 17.5. The highest BCUT2D eigenvalue weighted by Crippen LogP contribution is 2.39. The van der Waals surface area contributed by atoms with E-state index in [1.165, 1.54) is 0 Å². The maximum absolute atomic E-state index is 12.8. The molecule has 1 N–H and O–H groups in total. The summed E-state index contributed by atoms with van der Waals surface area (Å²) in [4.78, 5) is 18.3. The van der Waals surface area contributed by atoms with Gasteiger partial charge in [0, 0.05) is 29.2 Å². The molecule has 11 heteroatoms. The highest BCUT2D eigenvalue weighted by Gasteiger charge is 2.32. The number of nitrogens with zero attached hydrogens (tertiary/aromatic N) is 2. The molecule has 1 fully saturated rings. The third-order valence-electron chi connectivity index (χ3n) is 5.03. The van der Waals surface area contributed by atoms with E-state index in [4.69, 9.17) is 27.9 Å². The van der Waals surface area contributed by atoms with Crippen LogP contribution in [0.25, 0.3) is 0 Å². The molecule has 34 heavy (non-hydrogen) atoms. The van der Waals surface area contributed by atoms with Crippen molar-refractivity contribution in [2.75, 3.05) is 17.6 Å². The van der Waals surface area contributed by atoms with Crippen LogP contribution >= 0.6 is 35.0 Å². The molecule has 0 radical (unpaired) electrons. The molecule has 4 rings (SSSR count). The number of aromatic nitrogens is 1. The summed E-state index contributed by atoms with van der Waals surface area (Å²) in [7, 11) is 0. The Morgan fingerprint density at radius 3 is 2.50 bits per heavy atom. The van der Waals surface area contributed by atoms with Crippen LogP contribution in [0, 0.1) is 0 Å². The molecule has 1 aliphatic heterocycles. The van der Waals surface area contributed by atoms with Gasteiger partial charge in [0.25, 0.3) is 0 Å². The first-order valence-electron chi connectivity index (χ1n) is 10.1. The van der Waals surface area contributed by atoms with E-state index < -0.39 is 11.7 Å².